The molecule has 1 aromatic heterocycles. The SMILES string of the molecule is CC1=C(C)C(c2ccc3nc([C@@H]4CCCN4)[nH]c3c2)=C=C=C1. The average molecular weight is 289 g/mol. The van der Waals surface area contributed by atoms with Crippen molar-refractivity contribution >= 4 is 16.6 Å². The van der Waals surface area contributed by atoms with Gasteiger partial charge in [0.25, 0.3) is 0 Å². The highest BCUT2D eigenvalue weighted by Crippen LogP contribution is 2.29. The number of fused-ring (bicyclic) bond motifs is 1. The minimum Gasteiger partial charge on any atom is -0.341 e. The number of nitrogens with one attached hydrogen (secondary N) is 2. The number of benzene rings is 1. The van der Waals surface area contributed by atoms with Gasteiger partial charge in [0, 0.05) is 5.57 Å². The lowest BCUT2D eigenvalue weighted by Crippen LogP contribution is -2.13. The molecule has 1 atom stereocenters. The van der Waals surface area contributed by atoms with Gasteiger partial charge < -0.3 is 10.3 Å². The summed E-state index contributed by atoms with van der Waals surface area (Å²) in [6, 6.07) is 6.76. The van der Waals surface area contributed by atoms with Crippen molar-refractivity contribution in [3.8, 4) is 0 Å². The summed E-state index contributed by atoms with van der Waals surface area (Å²) in [5.41, 5.74) is 13.3. The largest absolute Gasteiger partial charge is 0.341 e. The molecule has 3 heteroatoms. The molecule has 1 aliphatic carbocycles. The van der Waals surface area contributed by atoms with Crippen LogP contribution in [0.2, 0.25) is 0 Å². The van der Waals surface area contributed by atoms with Gasteiger partial charge in [-0.2, -0.15) is 0 Å². The van der Waals surface area contributed by atoms with E-state index in [1.54, 1.807) is 0 Å². The van der Waals surface area contributed by atoms with E-state index in [0.29, 0.717) is 6.04 Å². The minimum atomic E-state index is 0.372. The van der Waals surface area contributed by atoms with E-state index in [1.165, 1.54) is 23.1 Å². The first kappa shape index (κ1) is 13.4. The number of hydrogen-bond donors (Lipinski definition) is 2. The maximum Gasteiger partial charge on any atom is 0.124 e. The second-order valence-electron chi connectivity index (χ2n) is 6.10. The summed E-state index contributed by atoms with van der Waals surface area (Å²) in [6.45, 7) is 5.34. The molecule has 2 aromatic rings. The van der Waals surface area contributed by atoms with Crippen LogP contribution in [0.15, 0.2) is 46.9 Å². The lowest BCUT2D eigenvalue weighted by atomic mass is 9.94. The van der Waals surface area contributed by atoms with Crippen LogP contribution in [-0.4, -0.2) is 16.5 Å². The summed E-state index contributed by atoms with van der Waals surface area (Å²) >= 11 is 0. The highest BCUT2D eigenvalue weighted by atomic mass is 15.0. The van der Waals surface area contributed by atoms with Crippen LogP contribution in [0.25, 0.3) is 16.6 Å². The molecule has 0 spiro atoms. The van der Waals surface area contributed by atoms with Crippen LogP contribution in [0.4, 0.5) is 0 Å². The van der Waals surface area contributed by atoms with Crippen LogP contribution >= 0.6 is 0 Å². The van der Waals surface area contributed by atoms with Crippen molar-refractivity contribution in [2.45, 2.75) is 32.7 Å². The molecule has 3 nitrogen and oxygen atoms in total. The Morgan fingerprint density at radius 3 is 3.00 bits per heavy atom. The Morgan fingerprint density at radius 2 is 2.18 bits per heavy atom. The van der Waals surface area contributed by atoms with Gasteiger partial charge in [-0.25, -0.2) is 4.98 Å². The normalized spacial score (nSPS) is 21.0. The van der Waals surface area contributed by atoms with Crippen LogP contribution in [-0.2, 0) is 0 Å². The third-order valence-corrected chi connectivity index (χ3v) is 4.63. The maximum atomic E-state index is 4.73. The number of nitrogens with zero attached hydrogens (tertiary/aromatic N) is 1. The van der Waals surface area contributed by atoms with Crippen LogP contribution in [0.3, 0.4) is 0 Å². The van der Waals surface area contributed by atoms with E-state index in [0.717, 1.165) is 35.4 Å². The molecular weight excluding hydrogens is 270 g/mol. The van der Waals surface area contributed by atoms with Crippen LogP contribution < -0.4 is 5.32 Å². The molecule has 0 saturated carbocycles. The molecule has 2 heterocycles. The number of hydrogen-bond acceptors (Lipinski definition) is 2. The number of allylic oxidation sites excluding steroid dienone is 4. The van der Waals surface area contributed by atoms with Gasteiger partial charge >= 0.3 is 0 Å². The predicted molar refractivity (Wildman–Crippen MR) is 89.4 cm³/mol. The van der Waals surface area contributed by atoms with E-state index in [9.17, 15) is 0 Å². The average Bonchev–Trinajstić information content (AvgIpc) is 3.17. The summed E-state index contributed by atoms with van der Waals surface area (Å²) in [4.78, 5) is 8.22. The highest BCUT2D eigenvalue weighted by Gasteiger charge is 2.19. The van der Waals surface area contributed by atoms with Crippen molar-refractivity contribution in [1.29, 1.82) is 0 Å². The van der Waals surface area contributed by atoms with Crippen molar-refractivity contribution in [1.82, 2.24) is 15.3 Å². The predicted octanol–water partition coefficient (Wildman–Crippen LogP) is 4.03. The van der Waals surface area contributed by atoms with Crippen LogP contribution in [0.5, 0.6) is 0 Å². The summed E-state index contributed by atoms with van der Waals surface area (Å²) in [6.07, 6.45) is 4.37. The fourth-order valence-corrected chi connectivity index (χ4v) is 3.17. The van der Waals surface area contributed by atoms with E-state index in [4.69, 9.17) is 4.98 Å². The molecular formula is C19H19N3. The fraction of sp³-hybridized carbons (Fsp3) is 0.316. The van der Waals surface area contributed by atoms with Crippen molar-refractivity contribution in [3.05, 3.63) is 58.3 Å². The van der Waals surface area contributed by atoms with Crippen LogP contribution in [0.1, 0.15) is 44.1 Å². The molecule has 2 aliphatic rings. The zero-order chi connectivity index (χ0) is 15.1. The lowest BCUT2D eigenvalue weighted by molar-refractivity contribution is 0.614. The van der Waals surface area contributed by atoms with E-state index < -0.39 is 0 Å². The van der Waals surface area contributed by atoms with Crippen molar-refractivity contribution < 1.29 is 0 Å². The molecule has 0 radical (unpaired) electrons. The Kier molecular flexibility index (Phi) is 3.13. The van der Waals surface area contributed by atoms with Gasteiger partial charge in [0.2, 0.25) is 0 Å². The second-order valence-corrected chi connectivity index (χ2v) is 6.10. The minimum absolute atomic E-state index is 0.372. The smallest absolute Gasteiger partial charge is 0.124 e. The zero-order valence-electron chi connectivity index (χ0n) is 13.0. The maximum absolute atomic E-state index is 4.73. The van der Waals surface area contributed by atoms with E-state index in [-0.39, 0.29) is 0 Å². The first-order chi connectivity index (χ1) is 10.7. The number of rotatable bonds is 2. The molecule has 1 aromatic carbocycles. The zero-order valence-corrected chi connectivity index (χ0v) is 13.0. The van der Waals surface area contributed by atoms with E-state index in [2.05, 4.69) is 53.8 Å². The van der Waals surface area contributed by atoms with Crippen LogP contribution in [0, 0.1) is 0 Å². The van der Waals surface area contributed by atoms with Gasteiger partial charge in [-0.05, 0) is 68.2 Å². The first-order valence-electron chi connectivity index (χ1n) is 7.85. The Morgan fingerprint density at radius 1 is 1.27 bits per heavy atom. The standard InChI is InChI=1S/C19H19N3/c1-12-5-3-6-15(13(12)2)14-8-9-16-18(11-14)22-19(21-16)17-7-4-10-20-17/h5,8-9,11,17,20H,4,7,10H2,1-2H3,(H,21,22)/t17-/m0/s1. The summed E-state index contributed by atoms with van der Waals surface area (Å²) in [5, 5.41) is 3.49. The van der Waals surface area contributed by atoms with Crippen molar-refractivity contribution in [2.24, 2.45) is 0 Å². The summed E-state index contributed by atoms with van der Waals surface area (Å²) in [7, 11) is 0. The van der Waals surface area contributed by atoms with Gasteiger partial charge in [-0.15, -0.1) is 0 Å². The third-order valence-electron chi connectivity index (χ3n) is 4.63. The molecule has 1 saturated heterocycles. The molecule has 0 amide bonds. The first-order valence-corrected chi connectivity index (χ1v) is 7.85. The second kappa shape index (κ2) is 5.15. The summed E-state index contributed by atoms with van der Waals surface area (Å²) in [5.74, 6) is 1.06. The Labute approximate surface area is 130 Å². The van der Waals surface area contributed by atoms with Gasteiger partial charge in [0.15, 0.2) is 0 Å². The number of aromatic nitrogens is 2. The monoisotopic (exact) mass is 289 g/mol. The van der Waals surface area contributed by atoms with Gasteiger partial charge in [0.1, 0.15) is 5.82 Å². The van der Waals surface area contributed by atoms with E-state index in [1.807, 2.05) is 6.08 Å². The van der Waals surface area contributed by atoms with Gasteiger partial charge in [-0.1, -0.05) is 17.5 Å². The third kappa shape index (κ3) is 2.17. The molecule has 2 N–H and O–H groups in total. The van der Waals surface area contributed by atoms with Crippen molar-refractivity contribution in [3.63, 3.8) is 0 Å². The Bertz CT molecular complexity index is 879. The number of aromatic amines is 1. The number of H-pyrrole nitrogens is 1. The fourth-order valence-electron chi connectivity index (χ4n) is 3.17. The molecule has 0 unspecified atom stereocenters. The van der Waals surface area contributed by atoms with Gasteiger partial charge in [-0.3, -0.25) is 0 Å². The molecule has 22 heavy (non-hydrogen) atoms. The highest BCUT2D eigenvalue weighted by molar-refractivity contribution is 5.86. The quantitative estimate of drug-likeness (QED) is 0.819. The molecule has 0 bridgehead atoms. The summed E-state index contributed by atoms with van der Waals surface area (Å²) < 4.78 is 0. The number of imidazole rings is 1. The topological polar surface area (TPSA) is 40.7 Å². The lowest BCUT2D eigenvalue weighted by Gasteiger charge is -2.09. The van der Waals surface area contributed by atoms with E-state index >= 15 is 0 Å². The van der Waals surface area contributed by atoms with Gasteiger partial charge in [0.05, 0.1) is 17.1 Å². The molecule has 110 valence electrons. The Balaban J connectivity index is 1.78. The molecule has 4 rings (SSSR count). The van der Waals surface area contributed by atoms with Crippen molar-refractivity contribution in [2.75, 3.05) is 6.54 Å². The molecule has 1 fully saturated rings. The Hall–Kier alpha value is -2.31. The molecule has 1 aliphatic heterocycles.